The van der Waals surface area contributed by atoms with Gasteiger partial charge in [-0.05, 0) is 49.0 Å². The summed E-state index contributed by atoms with van der Waals surface area (Å²) in [6.07, 6.45) is 2.30. The van der Waals surface area contributed by atoms with Gasteiger partial charge in [0.15, 0.2) is 10.9 Å². The van der Waals surface area contributed by atoms with E-state index < -0.39 is 0 Å². The van der Waals surface area contributed by atoms with E-state index in [4.69, 9.17) is 22.4 Å². The molecule has 28 heavy (non-hydrogen) atoms. The molecule has 0 bridgehead atoms. The van der Waals surface area contributed by atoms with Crippen LogP contribution in [-0.2, 0) is 12.8 Å². The van der Waals surface area contributed by atoms with Crippen LogP contribution in [0.2, 0.25) is 0 Å². The lowest BCUT2D eigenvalue weighted by molar-refractivity contribution is 0.0992. The molecule has 0 fully saturated rings. The molecular weight excluding hydrogens is 372 g/mol. The summed E-state index contributed by atoms with van der Waals surface area (Å²) in [5.74, 6) is 0.829. The van der Waals surface area contributed by atoms with Crippen LogP contribution in [0.3, 0.4) is 0 Å². The number of para-hydroxylation sites is 1. The fourth-order valence-corrected chi connectivity index (χ4v) is 3.72. The van der Waals surface area contributed by atoms with Crippen molar-refractivity contribution < 1.29 is 9.21 Å². The molecule has 0 spiro atoms. The number of carbonyl (C=O) groups excluding carboxylic acids is 1. The van der Waals surface area contributed by atoms with Gasteiger partial charge in [0.05, 0.1) is 5.71 Å². The maximum atomic E-state index is 13.0. The van der Waals surface area contributed by atoms with Crippen LogP contribution in [-0.4, -0.2) is 16.7 Å². The minimum absolute atomic E-state index is 0.0451. The van der Waals surface area contributed by atoms with Crippen LogP contribution in [0.1, 0.15) is 60.2 Å². The zero-order valence-electron chi connectivity index (χ0n) is 16.7. The van der Waals surface area contributed by atoms with E-state index in [9.17, 15) is 4.79 Å². The first-order valence-electron chi connectivity index (χ1n) is 9.35. The van der Waals surface area contributed by atoms with Crippen LogP contribution in [0, 0.1) is 12.3 Å². The first-order chi connectivity index (χ1) is 13.2. The van der Waals surface area contributed by atoms with Crippen molar-refractivity contribution in [1.82, 2.24) is 5.43 Å². The van der Waals surface area contributed by atoms with Gasteiger partial charge in [-0.3, -0.25) is 10.2 Å². The second kappa shape index (κ2) is 7.75. The van der Waals surface area contributed by atoms with Crippen LogP contribution >= 0.6 is 12.2 Å². The second-order valence-electron chi connectivity index (χ2n) is 7.87. The van der Waals surface area contributed by atoms with E-state index in [0.717, 1.165) is 53.1 Å². The highest BCUT2D eigenvalue weighted by molar-refractivity contribution is 7.80. The van der Waals surface area contributed by atoms with E-state index in [0.29, 0.717) is 5.76 Å². The lowest BCUT2D eigenvalue weighted by atomic mass is 9.75. The van der Waals surface area contributed by atoms with Gasteiger partial charge in [-0.2, -0.15) is 5.10 Å². The van der Waals surface area contributed by atoms with Crippen molar-refractivity contribution >= 4 is 34.6 Å². The van der Waals surface area contributed by atoms with Crippen molar-refractivity contribution in [3.63, 3.8) is 0 Å². The summed E-state index contributed by atoms with van der Waals surface area (Å²) >= 11 is 4.87. The van der Waals surface area contributed by atoms with Crippen LogP contribution in [0.15, 0.2) is 33.8 Å². The highest BCUT2D eigenvalue weighted by Crippen LogP contribution is 2.39. The monoisotopic (exact) mass is 398 g/mol. The average Bonchev–Trinajstić information content (AvgIpc) is 2.95. The molecule has 0 saturated heterocycles. The van der Waals surface area contributed by atoms with Crippen molar-refractivity contribution in [2.45, 2.75) is 47.0 Å². The van der Waals surface area contributed by atoms with E-state index >= 15 is 0 Å². The van der Waals surface area contributed by atoms with Gasteiger partial charge < -0.3 is 15.5 Å². The summed E-state index contributed by atoms with van der Waals surface area (Å²) in [6.45, 7) is 8.22. The quantitative estimate of drug-likeness (QED) is 0.536. The van der Waals surface area contributed by atoms with Crippen molar-refractivity contribution in [2.24, 2.45) is 16.3 Å². The Labute approximate surface area is 170 Å². The van der Waals surface area contributed by atoms with Gasteiger partial charge in [0.2, 0.25) is 0 Å². The molecule has 1 aromatic carbocycles. The van der Waals surface area contributed by atoms with Gasteiger partial charge in [-0.25, -0.2) is 0 Å². The van der Waals surface area contributed by atoms with E-state index in [2.05, 4.69) is 36.6 Å². The number of fused-ring (bicyclic) bond motifs is 1. The van der Waals surface area contributed by atoms with E-state index in [-0.39, 0.29) is 16.4 Å². The summed E-state index contributed by atoms with van der Waals surface area (Å²) in [4.78, 5) is 13.0. The van der Waals surface area contributed by atoms with Gasteiger partial charge in [0.25, 0.3) is 5.91 Å². The topological polar surface area (TPSA) is 92.6 Å². The van der Waals surface area contributed by atoms with Crippen LogP contribution in [0.5, 0.6) is 0 Å². The molecule has 4 N–H and O–H groups in total. The number of benzene rings is 1. The molecule has 1 heterocycles. The molecule has 7 heteroatoms. The molecule has 1 aliphatic carbocycles. The predicted octanol–water partition coefficient (Wildman–Crippen LogP) is 3.91. The van der Waals surface area contributed by atoms with Crippen molar-refractivity contribution in [3.8, 4) is 0 Å². The summed E-state index contributed by atoms with van der Waals surface area (Å²) in [7, 11) is 0. The molecule has 148 valence electrons. The Morgan fingerprint density at radius 1 is 1.32 bits per heavy atom. The first-order valence-corrected chi connectivity index (χ1v) is 9.76. The molecule has 1 aliphatic rings. The molecule has 2 aromatic rings. The smallest absolute Gasteiger partial charge is 0.291 e. The standard InChI is InChI=1S/C21H26N4O2S/c1-5-13-8-6-7-9-14(13)23-19(26)18-12(2)17-15(24-25-20(22)28)10-21(3,4)11-16(17)27-18/h6-9H,5,10-11H2,1-4H3,(H,23,26)(H3,22,25,28)/b24-15-. The van der Waals surface area contributed by atoms with Gasteiger partial charge in [-0.15, -0.1) is 0 Å². The van der Waals surface area contributed by atoms with Gasteiger partial charge in [0, 0.05) is 23.2 Å². The maximum absolute atomic E-state index is 13.0. The highest BCUT2D eigenvalue weighted by atomic mass is 32.1. The molecule has 0 aliphatic heterocycles. The summed E-state index contributed by atoms with van der Waals surface area (Å²) < 4.78 is 6.03. The third-order valence-electron chi connectivity index (χ3n) is 4.95. The van der Waals surface area contributed by atoms with Crippen LogP contribution in [0.4, 0.5) is 5.69 Å². The first kappa shape index (κ1) is 20.1. The number of rotatable bonds is 4. The summed E-state index contributed by atoms with van der Waals surface area (Å²) in [5, 5.41) is 7.46. The fourth-order valence-electron chi connectivity index (χ4n) is 3.68. The third kappa shape index (κ3) is 4.09. The molecule has 0 atom stereocenters. The third-order valence-corrected chi connectivity index (χ3v) is 5.04. The number of anilines is 1. The van der Waals surface area contributed by atoms with Crippen molar-refractivity contribution in [2.75, 3.05) is 5.32 Å². The number of hydrogen-bond donors (Lipinski definition) is 3. The molecule has 0 unspecified atom stereocenters. The number of carbonyl (C=O) groups is 1. The Morgan fingerprint density at radius 2 is 2.04 bits per heavy atom. The van der Waals surface area contributed by atoms with E-state index in [1.807, 2.05) is 31.2 Å². The Hall–Kier alpha value is -2.67. The zero-order valence-corrected chi connectivity index (χ0v) is 17.5. The minimum atomic E-state index is -0.257. The molecule has 6 nitrogen and oxygen atoms in total. The number of thiocarbonyl (C=S) groups is 1. The normalized spacial score (nSPS) is 16.5. The Bertz CT molecular complexity index is 959. The molecule has 1 amide bonds. The van der Waals surface area contributed by atoms with Gasteiger partial charge in [-0.1, -0.05) is 39.0 Å². The fraction of sp³-hybridized carbons (Fsp3) is 0.381. The number of hydrogen-bond acceptors (Lipinski definition) is 4. The summed E-state index contributed by atoms with van der Waals surface area (Å²) in [6, 6.07) is 7.77. The van der Waals surface area contributed by atoms with Crippen molar-refractivity contribution in [3.05, 3.63) is 52.5 Å². The minimum Gasteiger partial charge on any atom is -0.455 e. The second-order valence-corrected chi connectivity index (χ2v) is 8.31. The van der Waals surface area contributed by atoms with Crippen LogP contribution < -0.4 is 16.5 Å². The molecule has 1 aromatic heterocycles. The summed E-state index contributed by atoms with van der Waals surface area (Å²) in [5.41, 5.74) is 12.5. The van der Waals surface area contributed by atoms with E-state index in [1.54, 1.807) is 0 Å². The Balaban J connectivity index is 1.98. The zero-order chi connectivity index (χ0) is 20.5. The maximum Gasteiger partial charge on any atom is 0.291 e. The van der Waals surface area contributed by atoms with E-state index in [1.165, 1.54) is 0 Å². The largest absolute Gasteiger partial charge is 0.455 e. The highest BCUT2D eigenvalue weighted by Gasteiger charge is 2.36. The SMILES string of the molecule is CCc1ccccc1NC(=O)c1oc2c(c1C)/C(=N\NC(N)=S)CC(C)(C)C2. The number of aryl methyl sites for hydroxylation is 1. The number of nitrogens with one attached hydrogen (secondary N) is 2. The molecular formula is C21H26N4O2S. The molecule has 0 saturated carbocycles. The number of nitrogens with two attached hydrogens (primary N) is 1. The Kier molecular flexibility index (Phi) is 5.56. The van der Waals surface area contributed by atoms with Crippen LogP contribution in [0.25, 0.3) is 0 Å². The lowest BCUT2D eigenvalue weighted by Crippen LogP contribution is -2.31. The number of nitrogens with zero attached hydrogens (tertiary/aromatic N) is 1. The van der Waals surface area contributed by atoms with Gasteiger partial charge >= 0.3 is 0 Å². The number of amides is 1. The van der Waals surface area contributed by atoms with Gasteiger partial charge in [0.1, 0.15) is 5.76 Å². The predicted molar refractivity (Wildman–Crippen MR) is 116 cm³/mol. The number of furan rings is 1. The lowest BCUT2D eigenvalue weighted by Gasteiger charge is -2.29. The Morgan fingerprint density at radius 3 is 2.71 bits per heavy atom. The molecule has 3 rings (SSSR count). The van der Waals surface area contributed by atoms with Crippen molar-refractivity contribution in [1.29, 1.82) is 0 Å². The average molecular weight is 399 g/mol. The number of hydrazone groups is 1. The molecule has 0 radical (unpaired) electrons.